The number of rotatable bonds is 2. The fourth-order valence-electron chi connectivity index (χ4n) is 6.76. The molecule has 5 heteroatoms. The molecule has 4 rings (SSSR count). The fourth-order valence-corrected chi connectivity index (χ4v) is 6.76. The van der Waals surface area contributed by atoms with Gasteiger partial charge in [0.1, 0.15) is 17.9 Å². The first-order valence-electron chi connectivity index (χ1n) is 9.90. The van der Waals surface area contributed by atoms with Gasteiger partial charge in [-0.25, -0.2) is 4.39 Å². The highest BCUT2D eigenvalue weighted by Crippen LogP contribution is 2.67. The van der Waals surface area contributed by atoms with E-state index in [1.807, 2.05) is 26.8 Å². The molecule has 0 bridgehead atoms. The second-order valence-electron chi connectivity index (χ2n) is 9.40. The average molecular weight is 376 g/mol. The van der Waals surface area contributed by atoms with Gasteiger partial charge in [-0.2, -0.15) is 0 Å². The van der Waals surface area contributed by atoms with E-state index in [2.05, 4.69) is 6.08 Å². The zero-order valence-corrected chi connectivity index (χ0v) is 16.2. The molecule has 0 spiro atoms. The van der Waals surface area contributed by atoms with Crippen molar-refractivity contribution >= 4 is 5.78 Å². The Hall–Kier alpha value is -1.30. The maximum Gasteiger partial charge on any atom is 0.178 e. The Bertz CT molecular complexity index is 770. The normalized spacial score (nSPS) is 49.7. The van der Waals surface area contributed by atoms with Gasteiger partial charge in [0.2, 0.25) is 0 Å². The van der Waals surface area contributed by atoms with Gasteiger partial charge in [-0.15, -0.1) is 0 Å². The van der Waals surface area contributed by atoms with Gasteiger partial charge in [0.15, 0.2) is 5.78 Å². The van der Waals surface area contributed by atoms with Crippen molar-refractivity contribution in [1.82, 2.24) is 0 Å². The number of allylic oxidation sites excluding steroid dienone is 6. The van der Waals surface area contributed by atoms with Crippen LogP contribution in [-0.4, -0.2) is 45.6 Å². The average Bonchev–Trinajstić information content (AvgIpc) is 2.84. The van der Waals surface area contributed by atoms with E-state index in [0.717, 1.165) is 5.57 Å². The highest BCUT2D eigenvalue weighted by molar-refractivity contribution is 6.01. The van der Waals surface area contributed by atoms with Crippen molar-refractivity contribution in [3.8, 4) is 0 Å². The number of ketones is 1. The zero-order chi connectivity index (χ0) is 19.8. The Kier molecular flexibility index (Phi) is 4.12. The summed E-state index contributed by atoms with van der Waals surface area (Å²) in [6, 6.07) is 0. The third-order valence-electron chi connectivity index (χ3n) is 8.28. The molecule has 0 amide bonds. The minimum Gasteiger partial charge on any atom is -0.394 e. The highest BCUT2D eigenvalue weighted by Gasteiger charge is 2.67. The molecule has 148 valence electrons. The van der Waals surface area contributed by atoms with Crippen LogP contribution in [0.1, 0.15) is 40.0 Å². The van der Waals surface area contributed by atoms with Crippen molar-refractivity contribution in [2.24, 2.45) is 28.6 Å². The monoisotopic (exact) mass is 376 g/mol. The van der Waals surface area contributed by atoms with E-state index < -0.39 is 35.3 Å². The number of alkyl halides is 1. The summed E-state index contributed by atoms with van der Waals surface area (Å²) in [6.07, 6.45) is 6.00. The number of carbonyl (C=O) groups excluding carboxylic acids is 1. The quantitative estimate of drug-likeness (QED) is 0.647. The van der Waals surface area contributed by atoms with Gasteiger partial charge >= 0.3 is 0 Å². The van der Waals surface area contributed by atoms with E-state index in [0.29, 0.717) is 24.8 Å². The first-order chi connectivity index (χ1) is 12.6. The van der Waals surface area contributed by atoms with Gasteiger partial charge in [-0.3, -0.25) is 4.79 Å². The molecular weight excluding hydrogens is 347 g/mol. The highest BCUT2D eigenvalue weighted by atomic mass is 19.1. The summed E-state index contributed by atoms with van der Waals surface area (Å²) in [6.45, 7) is 5.35. The lowest BCUT2D eigenvalue weighted by Crippen LogP contribution is -2.59. The van der Waals surface area contributed by atoms with Crippen LogP contribution in [0.2, 0.25) is 0 Å². The van der Waals surface area contributed by atoms with Crippen LogP contribution >= 0.6 is 0 Å². The van der Waals surface area contributed by atoms with Crippen molar-refractivity contribution in [3.63, 3.8) is 0 Å². The molecule has 4 aliphatic rings. The summed E-state index contributed by atoms with van der Waals surface area (Å²) in [4.78, 5) is 11.8. The Labute approximate surface area is 159 Å². The van der Waals surface area contributed by atoms with Crippen LogP contribution in [0.3, 0.4) is 0 Å². The molecule has 0 saturated heterocycles. The predicted molar refractivity (Wildman–Crippen MR) is 99.5 cm³/mol. The molecule has 0 aromatic heterocycles. The van der Waals surface area contributed by atoms with Crippen LogP contribution in [0.25, 0.3) is 0 Å². The van der Waals surface area contributed by atoms with Gasteiger partial charge in [-0.1, -0.05) is 31.6 Å². The van der Waals surface area contributed by atoms with Gasteiger partial charge < -0.3 is 15.3 Å². The summed E-state index contributed by atoms with van der Waals surface area (Å²) in [5.41, 5.74) is -0.970. The number of hydrogen-bond acceptors (Lipinski definition) is 4. The van der Waals surface area contributed by atoms with Crippen molar-refractivity contribution in [3.05, 3.63) is 35.5 Å². The number of halogens is 1. The van der Waals surface area contributed by atoms with Gasteiger partial charge in [0, 0.05) is 10.8 Å². The summed E-state index contributed by atoms with van der Waals surface area (Å²) >= 11 is 0. The molecule has 3 N–H and O–H groups in total. The van der Waals surface area contributed by atoms with Crippen molar-refractivity contribution in [2.75, 3.05) is 6.61 Å². The molecule has 2 saturated carbocycles. The SMILES string of the molecule is C[C@H]1C[C@H]2[C@@H]3C[C@@H](F)C4=CC(=O)C=C[C@]4(C)C3=CC[C@]2(C)[C@@]1(O)C(O)CO. The van der Waals surface area contributed by atoms with Crippen molar-refractivity contribution in [2.45, 2.75) is 57.9 Å². The van der Waals surface area contributed by atoms with Gasteiger partial charge in [-0.05, 0) is 61.7 Å². The second kappa shape index (κ2) is 5.85. The summed E-state index contributed by atoms with van der Waals surface area (Å²) in [5, 5.41) is 31.5. The van der Waals surface area contributed by atoms with E-state index in [-0.39, 0.29) is 23.5 Å². The third kappa shape index (κ3) is 2.22. The minimum absolute atomic E-state index is 0.0151. The smallest absolute Gasteiger partial charge is 0.178 e. The molecule has 8 atom stereocenters. The first-order valence-corrected chi connectivity index (χ1v) is 9.90. The first kappa shape index (κ1) is 19.0. The van der Waals surface area contributed by atoms with Crippen LogP contribution in [0.4, 0.5) is 4.39 Å². The van der Waals surface area contributed by atoms with E-state index in [1.54, 1.807) is 0 Å². The molecular formula is C22H29FO4. The van der Waals surface area contributed by atoms with E-state index in [1.165, 1.54) is 12.2 Å². The number of aliphatic hydroxyl groups excluding tert-OH is 2. The Balaban J connectivity index is 1.81. The Morgan fingerprint density at radius 1 is 1.30 bits per heavy atom. The fraction of sp³-hybridized carbons (Fsp3) is 0.682. The molecule has 0 aromatic carbocycles. The number of hydrogen-bond donors (Lipinski definition) is 3. The number of fused-ring (bicyclic) bond motifs is 5. The standard InChI is InChI=1S/C22H29FO4/c1-12-8-16-14-10-18(23)17-9-13(25)4-6-20(17,2)15(14)5-7-21(16,3)22(12,27)19(26)11-24/h4-6,9,12,14,16,18-19,24,26-27H,7-8,10-11H2,1-3H3/t12-,14+,16-,18+,19?,20+,21-,22-/m0/s1. The van der Waals surface area contributed by atoms with Crippen LogP contribution < -0.4 is 0 Å². The third-order valence-corrected chi connectivity index (χ3v) is 8.28. The van der Waals surface area contributed by atoms with E-state index >= 15 is 4.39 Å². The minimum atomic E-state index is -1.41. The molecule has 4 aliphatic carbocycles. The molecule has 0 aliphatic heterocycles. The van der Waals surface area contributed by atoms with Crippen LogP contribution in [-0.2, 0) is 4.79 Å². The Morgan fingerprint density at radius 2 is 2.00 bits per heavy atom. The van der Waals surface area contributed by atoms with Crippen LogP contribution in [0, 0.1) is 28.6 Å². The Morgan fingerprint density at radius 3 is 2.67 bits per heavy atom. The van der Waals surface area contributed by atoms with Crippen molar-refractivity contribution < 1.29 is 24.5 Å². The van der Waals surface area contributed by atoms with Crippen LogP contribution in [0.5, 0.6) is 0 Å². The maximum atomic E-state index is 15.2. The topological polar surface area (TPSA) is 77.8 Å². The van der Waals surface area contributed by atoms with Crippen LogP contribution in [0.15, 0.2) is 35.5 Å². The lowest BCUT2D eigenvalue weighted by molar-refractivity contribution is -0.181. The molecule has 0 heterocycles. The lowest BCUT2D eigenvalue weighted by Gasteiger charge is -2.55. The number of carbonyl (C=O) groups is 1. The van der Waals surface area contributed by atoms with Crippen molar-refractivity contribution in [1.29, 1.82) is 0 Å². The number of aliphatic hydroxyl groups is 3. The maximum absolute atomic E-state index is 15.2. The largest absolute Gasteiger partial charge is 0.394 e. The van der Waals surface area contributed by atoms with Gasteiger partial charge in [0.05, 0.1) is 6.61 Å². The molecule has 1 unspecified atom stereocenters. The second-order valence-corrected chi connectivity index (χ2v) is 9.40. The van der Waals surface area contributed by atoms with Gasteiger partial charge in [0.25, 0.3) is 0 Å². The molecule has 0 radical (unpaired) electrons. The molecule has 4 nitrogen and oxygen atoms in total. The zero-order valence-electron chi connectivity index (χ0n) is 16.2. The van der Waals surface area contributed by atoms with E-state index in [4.69, 9.17) is 0 Å². The lowest BCUT2D eigenvalue weighted by atomic mass is 9.51. The predicted octanol–water partition coefficient (Wildman–Crippen LogP) is 2.49. The molecule has 2 fully saturated rings. The summed E-state index contributed by atoms with van der Waals surface area (Å²) in [5.74, 6) is -0.407. The molecule has 0 aromatic rings. The van der Waals surface area contributed by atoms with E-state index in [9.17, 15) is 20.1 Å². The summed E-state index contributed by atoms with van der Waals surface area (Å²) in [7, 11) is 0. The molecule has 27 heavy (non-hydrogen) atoms. The summed E-state index contributed by atoms with van der Waals surface area (Å²) < 4.78 is 15.2.